The lowest BCUT2D eigenvalue weighted by molar-refractivity contribution is 0.00451. The smallest absolute Gasteiger partial charge is 0.484 e. The van der Waals surface area contributed by atoms with Crippen LogP contribution in [0.15, 0.2) is 29.2 Å². The summed E-state index contributed by atoms with van der Waals surface area (Å²) in [6, 6.07) is 2.52. The number of ether oxygens (including phenoxy) is 3. The molecule has 198 valence electrons. The molecule has 0 saturated carbocycles. The Labute approximate surface area is 208 Å². The fourth-order valence-corrected chi connectivity index (χ4v) is 4.09. The van der Waals surface area contributed by atoms with Crippen molar-refractivity contribution in [3.63, 3.8) is 0 Å². The molecule has 1 fully saturated rings. The number of hydrogen-bond acceptors (Lipinski definition) is 8. The number of carboxylic acid groups (broad SMARTS) is 1. The molecule has 3 N–H and O–H groups in total. The second-order valence-electron chi connectivity index (χ2n) is 8.51. The van der Waals surface area contributed by atoms with Crippen LogP contribution in [0, 0.1) is 11.6 Å². The minimum atomic E-state index is -1.63. The molecule has 0 radical (unpaired) electrons. The van der Waals surface area contributed by atoms with Gasteiger partial charge in [-0.15, -0.1) is 0 Å². The number of pyridine rings is 1. The van der Waals surface area contributed by atoms with Crippen LogP contribution >= 0.6 is 0 Å². The van der Waals surface area contributed by atoms with E-state index in [0.29, 0.717) is 6.07 Å². The predicted octanol–water partition coefficient (Wildman–Crippen LogP) is 0.691. The van der Waals surface area contributed by atoms with Crippen LogP contribution in [0.25, 0.3) is 0 Å². The third-order valence-corrected chi connectivity index (χ3v) is 5.86. The molecule has 1 aromatic carbocycles. The van der Waals surface area contributed by atoms with Crippen molar-refractivity contribution in [3.05, 3.63) is 63.1 Å². The van der Waals surface area contributed by atoms with E-state index in [2.05, 4.69) is 10.1 Å². The van der Waals surface area contributed by atoms with Gasteiger partial charge in [-0.25, -0.2) is 13.6 Å². The maximum atomic E-state index is 14.0. The van der Waals surface area contributed by atoms with Crippen molar-refractivity contribution in [3.8, 4) is 5.75 Å². The van der Waals surface area contributed by atoms with Crippen LogP contribution in [0.3, 0.4) is 0 Å². The molecule has 1 saturated heterocycles. The first-order chi connectivity index (χ1) is 17.6. The highest BCUT2D eigenvalue weighted by atomic mass is 19.1. The van der Waals surface area contributed by atoms with E-state index >= 15 is 0 Å². The number of benzene rings is 1. The van der Waals surface area contributed by atoms with E-state index in [9.17, 15) is 33.1 Å². The van der Waals surface area contributed by atoms with Crippen LogP contribution in [0.1, 0.15) is 33.3 Å². The Bertz CT molecular complexity index is 1300. The van der Waals surface area contributed by atoms with Crippen LogP contribution < -0.4 is 15.5 Å². The Hall–Kier alpha value is -4.04. The molecule has 2 amide bonds. The SMILES string of the molecule is C[C@H]1COC2Cn3cc(C(=O)NCc4ccc(F)cc4F)c(=O)c(OCC(O)COC(=O)O)c3C(=O)N21. The van der Waals surface area contributed by atoms with Crippen LogP contribution in [0.2, 0.25) is 0 Å². The van der Waals surface area contributed by atoms with Crippen molar-refractivity contribution in [1.82, 2.24) is 14.8 Å². The number of aliphatic hydroxyl groups is 1. The maximum Gasteiger partial charge on any atom is 0.505 e. The average molecular weight is 523 g/mol. The van der Waals surface area contributed by atoms with Crippen molar-refractivity contribution < 1.29 is 47.6 Å². The zero-order chi connectivity index (χ0) is 26.9. The van der Waals surface area contributed by atoms with Crippen LogP contribution in [-0.4, -0.2) is 75.8 Å². The summed E-state index contributed by atoms with van der Waals surface area (Å²) in [7, 11) is 0. The highest BCUT2D eigenvalue weighted by Gasteiger charge is 2.43. The lowest BCUT2D eigenvalue weighted by atomic mass is 10.1. The van der Waals surface area contributed by atoms with Gasteiger partial charge in [0.05, 0.1) is 19.2 Å². The van der Waals surface area contributed by atoms with E-state index in [1.54, 1.807) is 6.92 Å². The summed E-state index contributed by atoms with van der Waals surface area (Å²) in [5.74, 6) is -3.72. The molecule has 0 spiro atoms. The summed E-state index contributed by atoms with van der Waals surface area (Å²) in [5, 5.41) is 20.9. The monoisotopic (exact) mass is 523 g/mol. The van der Waals surface area contributed by atoms with Gasteiger partial charge in [0, 0.05) is 24.4 Å². The number of carbonyl (C=O) groups excluding carboxylic acids is 2. The fraction of sp³-hybridized carbons (Fsp3) is 0.391. The predicted molar refractivity (Wildman–Crippen MR) is 119 cm³/mol. The van der Waals surface area contributed by atoms with E-state index in [-0.39, 0.29) is 37.0 Å². The number of fused-ring (bicyclic) bond motifs is 2. The number of halogens is 2. The van der Waals surface area contributed by atoms with E-state index in [1.807, 2.05) is 0 Å². The van der Waals surface area contributed by atoms with Gasteiger partial charge in [-0.2, -0.15) is 0 Å². The van der Waals surface area contributed by atoms with Gasteiger partial charge < -0.3 is 39.2 Å². The van der Waals surface area contributed by atoms with Gasteiger partial charge in [0.25, 0.3) is 11.8 Å². The van der Waals surface area contributed by atoms with Gasteiger partial charge in [0.2, 0.25) is 5.43 Å². The number of nitrogens with zero attached hydrogens (tertiary/aromatic N) is 2. The molecule has 0 aliphatic carbocycles. The summed E-state index contributed by atoms with van der Waals surface area (Å²) in [6.07, 6.45) is -2.59. The van der Waals surface area contributed by atoms with Crippen molar-refractivity contribution in [2.24, 2.45) is 0 Å². The molecule has 1 aromatic heterocycles. The molecule has 2 aromatic rings. The highest BCUT2D eigenvalue weighted by Crippen LogP contribution is 2.30. The first kappa shape index (κ1) is 26.0. The number of rotatable bonds is 8. The van der Waals surface area contributed by atoms with Crippen LogP contribution in [-0.2, 0) is 22.6 Å². The summed E-state index contributed by atoms with van der Waals surface area (Å²) < 4.78 is 43.8. The van der Waals surface area contributed by atoms with Crippen LogP contribution in [0.4, 0.5) is 13.6 Å². The molecule has 2 aliphatic heterocycles. The number of carbonyl (C=O) groups is 3. The van der Waals surface area contributed by atoms with E-state index in [4.69, 9.17) is 14.6 Å². The summed E-state index contributed by atoms with van der Waals surface area (Å²) in [6.45, 7) is 0.450. The zero-order valence-corrected chi connectivity index (χ0v) is 19.5. The summed E-state index contributed by atoms with van der Waals surface area (Å²) in [4.78, 5) is 51.4. The summed E-state index contributed by atoms with van der Waals surface area (Å²) in [5.41, 5.74) is -1.62. The van der Waals surface area contributed by atoms with Gasteiger partial charge in [-0.1, -0.05) is 6.07 Å². The molecule has 3 heterocycles. The van der Waals surface area contributed by atoms with Crippen molar-refractivity contribution >= 4 is 18.0 Å². The Kier molecular flexibility index (Phi) is 7.40. The third-order valence-electron chi connectivity index (χ3n) is 5.86. The highest BCUT2D eigenvalue weighted by molar-refractivity contribution is 5.99. The molecule has 2 unspecified atom stereocenters. The molecule has 2 aliphatic rings. The first-order valence-electron chi connectivity index (χ1n) is 11.2. The van der Waals surface area contributed by atoms with Crippen molar-refractivity contribution in [2.75, 3.05) is 19.8 Å². The Balaban J connectivity index is 1.65. The Morgan fingerprint density at radius 3 is 2.73 bits per heavy atom. The normalized spacial score (nSPS) is 19.1. The molecule has 0 bridgehead atoms. The van der Waals surface area contributed by atoms with Gasteiger partial charge in [-0.3, -0.25) is 14.4 Å². The lowest BCUT2D eigenvalue weighted by Crippen LogP contribution is -2.49. The number of hydrogen-bond donors (Lipinski definition) is 3. The quantitative estimate of drug-likeness (QED) is 0.424. The largest absolute Gasteiger partial charge is 0.505 e. The second kappa shape index (κ2) is 10.5. The second-order valence-corrected chi connectivity index (χ2v) is 8.51. The number of nitrogens with one attached hydrogen (secondary N) is 1. The maximum absolute atomic E-state index is 14.0. The average Bonchev–Trinajstić information content (AvgIpc) is 3.22. The third kappa shape index (κ3) is 5.39. The first-order valence-corrected chi connectivity index (χ1v) is 11.2. The molecular weight excluding hydrogens is 500 g/mol. The molecule has 3 atom stereocenters. The topological polar surface area (TPSA) is 157 Å². The molecule has 4 rings (SSSR count). The van der Waals surface area contributed by atoms with Gasteiger partial charge in [0.15, 0.2) is 17.7 Å². The van der Waals surface area contributed by atoms with Gasteiger partial charge in [-0.05, 0) is 13.0 Å². The number of aromatic nitrogens is 1. The standard InChI is InChI=1S/C23H23F2N3O9/c1-11-8-35-17-7-27-6-15(21(31)26-5-12-2-3-13(24)4-16(12)25)19(30)20(18(27)22(32)28(11)17)36-9-14(29)10-37-23(33)34/h2-4,6,11,14,17,29H,5,7-10H2,1H3,(H,26,31)(H,33,34)/t11-,14?,17?/m0/s1. The van der Waals surface area contributed by atoms with E-state index in [0.717, 1.165) is 18.3 Å². The molecular formula is C23H23F2N3O9. The van der Waals surface area contributed by atoms with Gasteiger partial charge >= 0.3 is 6.16 Å². The fourth-order valence-electron chi connectivity index (χ4n) is 4.09. The van der Waals surface area contributed by atoms with Crippen LogP contribution in [0.5, 0.6) is 5.75 Å². The Morgan fingerprint density at radius 1 is 1.27 bits per heavy atom. The number of amides is 2. The van der Waals surface area contributed by atoms with E-state index < -0.39 is 71.9 Å². The zero-order valence-electron chi connectivity index (χ0n) is 19.5. The Morgan fingerprint density at radius 2 is 2.03 bits per heavy atom. The van der Waals surface area contributed by atoms with E-state index in [1.165, 1.54) is 9.47 Å². The summed E-state index contributed by atoms with van der Waals surface area (Å²) >= 11 is 0. The van der Waals surface area contributed by atoms with Crippen molar-refractivity contribution in [2.45, 2.75) is 38.4 Å². The van der Waals surface area contributed by atoms with Gasteiger partial charge in [0.1, 0.15) is 36.5 Å². The lowest BCUT2D eigenvalue weighted by Gasteiger charge is -2.34. The molecule has 14 heteroatoms. The van der Waals surface area contributed by atoms with Crippen molar-refractivity contribution in [1.29, 1.82) is 0 Å². The molecule has 12 nitrogen and oxygen atoms in total. The minimum Gasteiger partial charge on any atom is -0.484 e. The minimum absolute atomic E-state index is 0.0231. The number of aliphatic hydroxyl groups excluding tert-OH is 1. The molecule has 37 heavy (non-hydrogen) atoms.